The Kier molecular flexibility index (Phi) is 3.92. The van der Waals surface area contributed by atoms with Crippen LogP contribution in [0.25, 0.3) is 0 Å². The van der Waals surface area contributed by atoms with Gasteiger partial charge in [-0.05, 0) is 52.7 Å². The highest BCUT2D eigenvalue weighted by atomic mass is 79.9. The minimum Gasteiger partial charge on any atom is -0.381 e. The third-order valence-corrected chi connectivity index (χ3v) is 4.31. The zero-order chi connectivity index (χ0) is 10.7. The molecule has 0 aromatic heterocycles. The fourth-order valence-corrected chi connectivity index (χ4v) is 2.99. The second kappa shape index (κ2) is 5.21. The molecule has 0 radical (unpaired) electrons. The third kappa shape index (κ3) is 3.11. The molecule has 1 saturated heterocycles. The van der Waals surface area contributed by atoms with Crippen LogP contribution < -0.4 is 5.32 Å². The number of nitrogens with one attached hydrogen (secondary N) is 1. The molecule has 1 heterocycles. The summed E-state index contributed by atoms with van der Waals surface area (Å²) < 4.78 is 13.8. The van der Waals surface area contributed by atoms with Gasteiger partial charge in [-0.15, -0.1) is 0 Å². The first kappa shape index (κ1) is 11.3. The maximum absolute atomic E-state index is 13.2. The van der Waals surface area contributed by atoms with E-state index in [0.29, 0.717) is 10.5 Å². The van der Waals surface area contributed by atoms with Gasteiger partial charge in [0.2, 0.25) is 0 Å². The molecule has 15 heavy (non-hydrogen) atoms. The van der Waals surface area contributed by atoms with E-state index in [1.54, 1.807) is 12.1 Å². The molecule has 0 saturated carbocycles. The summed E-state index contributed by atoms with van der Waals surface area (Å²) in [6.07, 6.45) is 2.44. The van der Waals surface area contributed by atoms with Crippen molar-refractivity contribution in [2.45, 2.75) is 18.9 Å². The molecule has 0 amide bonds. The van der Waals surface area contributed by atoms with Crippen LogP contribution in [0.2, 0.25) is 0 Å². The van der Waals surface area contributed by atoms with Gasteiger partial charge in [0.25, 0.3) is 0 Å². The Hall–Kier alpha value is -0.220. The summed E-state index contributed by atoms with van der Waals surface area (Å²) >= 11 is 5.11. The van der Waals surface area contributed by atoms with Crippen molar-refractivity contribution in [2.75, 3.05) is 16.8 Å². The van der Waals surface area contributed by atoms with E-state index in [9.17, 15) is 4.39 Å². The van der Waals surface area contributed by atoms with Crippen LogP contribution in [-0.4, -0.2) is 17.5 Å². The minimum atomic E-state index is -0.205. The van der Waals surface area contributed by atoms with Crippen molar-refractivity contribution in [1.29, 1.82) is 0 Å². The van der Waals surface area contributed by atoms with Gasteiger partial charge in [-0.25, -0.2) is 4.39 Å². The first-order chi connectivity index (χ1) is 7.25. The van der Waals surface area contributed by atoms with E-state index >= 15 is 0 Å². The standard InChI is InChI=1S/C11H13BrFNS/c12-10-4-3-8(6-11(10)13)14-9-2-1-5-15-7-9/h3-4,6,9,14H,1-2,5,7H2/t9-/m1/s1. The number of hydrogen-bond donors (Lipinski definition) is 1. The van der Waals surface area contributed by atoms with Gasteiger partial charge < -0.3 is 5.32 Å². The highest BCUT2D eigenvalue weighted by molar-refractivity contribution is 9.10. The molecule has 1 aromatic carbocycles. The van der Waals surface area contributed by atoms with Crippen LogP contribution in [0.1, 0.15) is 12.8 Å². The van der Waals surface area contributed by atoms with Crippen molar-refractivity contribution in [2.24, 2.45) is 0 Å². The fourth-order valence-electron chi connectivity index (χ4n) is 1.68. The zero-order valence-corrected chi connectivity index (χ0v) is 10.7. The quantitative estimate of drug-likeness (QED) is 0.886. The van der Waals surface area contributed by atoms with Crippen LogP contribution in [0.3, 0.4) is 0 Å². The topological polar surface area (TPSA) is 12.0 Å². The van der Waals surface area contributed by atoms with Crippen LogP contribution in [0.15, 0.2) is 22.7 Å². The van der Waals surface area contributed by atoms with Gasteiger partial charge in [-0.2, -0.15) is 11.8 Å². The van der Waals surface area contributed by atoms with E-state index in [1.807, 2.05) is 17.8 Å². The van der Waals surface area contributed by atoms with Crippen molar-refractivity contribution in [3.8, 4) is 0 Å². The predicted molar refractivity (Wildman–Crippen MR) is 68.1 cm³/mol. The van der Waals surface area contributed by atoms with Crippen LogP contribution >= 0.6 is 27.7 Å². The largest absolute Gasteiger partial charge is 0.381 e. The second-order valence-electron chi connectivity index (χ2n) is 3.69. The van der Waals surface area contributed by atoms with Gasteiger partial charge in [0, 0.05) is 17.5 Å². The first-order valence-electron chi connectivity index (χ1n) is 5.05. The number of rotatable bonds is 2. The van der Waals surface area contributed by atoms with Gasteiger partial charge in [0.1, 0.15) is 5.82 Å². The second-order valence-corrected chi connectivity index (χ2v) is 5.69. The maximum atomic E-state index is 13.2. The molecule has 1 aliphatic rings. The highest BCUT2D eigenvalue weighted by Crippen LogP contribution is 2.23. The van der Waals surface area contributed by atoms with Gasteiger partial charge in [0.05, 0.1) is 4.47 Å². The molecular weight excluding hydrogens is 277 g/mol. The lowest BCUT2D eigenvalue weighted by Gasteiger charge is -2.23. The van der Waals surface area contributed by atoms with E-state index in [4.69, 9.17) is 0 Å². The van der Waals surface area contributed by atoms with Crippen molar-refractivity contribution in [3.05, 3.63) is 28.5 Å². The number of thioether (sulfide) groups is 1. The Morgan fingerprint density at radius 2 is 2.33 bits per heavy atom. The molecule has 0 spiro atoms. The number of hydrogen-bond acceptors (Lipinski definition) is 2. The Bertz CT molecular complexity index is 339. The van der Waals surface area contributed by atoms with Crippen molar-refractivity contribution < 1.29 is 4.39 Å². The lowest BCUT2D eigenvalue weighted by molar-refractivity contribution is 0.620. The molecule has 4 heteroatoms. The monoisotopic (exact) mass is 289 g/mol. The Labute approximate surface area is 102 Å². The van der Waals surface area contributed by atoms with Gasteiger partial charge in [-0.1, -0.05) is 0 Å². The third-order valence-electron chi connectivity index (χ3n) is 2.45. The van der Waals surface area contributed by atoms with E-state index in [0.717, 1.165) is 11.4 Å². The molecule has 0 unspecified atom stereocenters. The summed E-state index contributed by atoms with van der Waals surface area (Å²) in [5.41, 5.74) is 0.878. The van der Waals surface area contributed by atoms with Crippen molar-refractivity contribution in [3.63, 3.8) is 0 Å². The summed E-state index contributed by atoms with van der Waals surface area (Å²) in [4.78, 5) is 0. The average Bonchev–Trinajstić information content (AvgIpc) is 2.25. The summed E-state index contributed by atoms with van der Waals surface area (Å²) in [7, 11) is 0. The fraction of sp³-hybridized carbons (Fsp3) is 0.455. The highest BCUT2D eigenvalue weighted by Gasteiger charge is 2.13. The van der Waals surface area contributed by atoms with Crippen LogP contribution in [0, 0.1) is 5.82 Å². The van der Waals surface area contributed by atoms with Gasteiger partial charge in [0.15, 0.2) is 0 Å². The number of halogens is 2. The van der Waals surface area contributed by atoms with Crippen LogP contribution in [-0.2, 0) is 0 Å². The maximum Gasteiger partial charge on any atom is 0.139 e. The van der Waals surface area contributed by atoms with E-state index in [-0.39, 0.29) is 5.82 Å². The lowest BCUT2D eigenvalue weighted by Crippen LogP contribution is -2.25. The summed E-state index contributed by atoms with van der Waals surface area (Å²) in [6, 6.07) is 5.69. The molecule has 82 valence electrons. The van der Waals surface area contributed by atoms with Gasteiger partial charge >= 0.3 is 0 Å². The van der Waals surface area contributed by atoms with Crippen molar-refractivity contribution in [1.82, 2.24) is 0 Å². The SMILES string of the molecule is Fc1cc(N[C@@H]2CCCSC2)ccc1Br. The molecule has 1 aliphatic heterocycles. The Balaban J connectivity index is 2.00. The summed E-state index contributed by atoms with van der Waals surface area (Å²) in [5.74, 6) is 2.17. The average molecular weight is 290 g/mol. The first-order valence-corrected chi connectivity index (χ1v) is 7.00. The molecule has 1 N–H and O–H groups in total. The molecule has 1 fully saturated rings. The summed E-state index contributed by atoms with van der Waals surface area (Å²) in [6.45, 7) is 0. The van der Waals surface area contributed by atoms with E-state index in [2.05, 4.69) is 21.2 Å². The molecule has 1 nitrogen and oxygen atoms in total. The smallest absolute Gasteiger partial charge is 0.139 e. The number of anilines is 1. The molecule has 2 rings (SSSR count). The Morgan fingerprint density at radius 3 is 3.00 bits per heavy atom. The number of benzene rings is 1. The zero-order valence-electron chi connectivity index (χ0n) is 8.30. The van der Waals surface area contributed by atoms with E-state index in [1.165, 1.54) is 18.6 Å². The summed E-state index contributed by atoms with van der Waals surface area (Å²) in [5, 5.41) is 3.37. The molecule has 0 bridgehead atoms. The normalized spacial score (nSPS) is 21.3. The predicted octanol–water partition coefficient (Wildman–Crippen LogP) is 3.90. The Morgan fingerprint density at radius 1 is 1.47 bits per heavy atom. The molecule has 0 aliphatic carbocycles. The molecule has 1 atom stereocenters. The minimum absolute atomic E-state index is 0.205. The molecule has 1 aromatic rings. The van der Waals surface area contributed by atoms with Crippen LogP contribution in [0.4, 0.5) is 10.1 Å². The lowest BCUT2D eigenvalue weighted by atomic mass is 10.1. The molecular formula is C11H13BrFNS. The van der Waals surface area contributed by atoms with Gasteiger partial charge in [-0.3, -0.25) is 0 Å². The van der Waals surface area contributed by atoms with Crippen molar-refractivity contribution >= 4 is 33.4 Å². The van der Waals surface area contributed by atoms with E-state index < -0.39 is 0 Å². The van der Waals surface area contributed by atoms with Crippen LogP contribution in [0.5, 0.6) is 0 Å².